The number of hydrogen-bond donors (Lipinski definition) is 1. The van der Waals surface area contributed by atoms with Gasteiger partial charge in [-0.25, -0.2) is 4.98 Å². The summed E-state index contributed by atoms with van der Waals surface area (Å²) in [5.74, 6) is 1.04. The topological polar surface area (TPSA) is 58.6 Å². The molecule has 5 heteroatoms. The minimum absolute atomic E-state index is 0.0641. The summed E-state index contributed by atoms with van der Waals surface area (Å²) in [5, 5.41) is 0. The maximum atomic E-state index is 11.9. The molecule has 2 aromatic heterocycles. The Morgan fingerprint density at radius 3 is 2.89 bits per heavy atom. The van der Waals surface area contributed by atoms with Crippen LogP contribution in [0.15, 0.2) is 23.1 Å². The average Bonchev–Trinajstić information content (AvgIpc) is 3.16. The number of nitrogens with zero attached hydrogens (tertiary/aromatic N) is 2. The van der Waals surface area contributed by atoms with Gasteiger partial charge in [0.2, 0.25) is 0 Å². The molecule has 4 nitrogen and oxygen atoms in total. The number of nitrogens with one attached hydrogen (secondary N) is 1. The monoisotopic (exact) mass is 353 g/mol. The van der Waals surface area contributed by atoms with E-state index in [1.165, 1.54) is 0 Å². The fourth-order valence-electron chi connectivity index (χ4n) is 1.89. The summed E-state index contributed by atoms with van der Waals surface area (Å²) >= 11 is 2.08. The number of aryl methyl sites for hydroxylation is 1. The molecule has 0 aromatic carbocycles. The highest BCUT2D eigenvalue weighted by atomic mass is 127. The molecule has 1 fully saturated rings. The van der Waals surface area contributed by atoms with E-state index < -0.39 is 0 Å². The second-order valence-corrected chi connectivity index (χ2v) is 5.69. The first-order chi connectivity index (χ1) is 8.65. The third-order valence-corrected chi connectivity index (χ3v) is 4.05. The van der Waals surface area contributed by atoms with E-state index in [9.17, 15) is 4.79 Å². The van der Waals surface area contributed by atoms with Crippen molar-refractivity contribution >= 4 is 22.6 Å². The van der Waals surface area contributed by atoms with E-state index in [1.54, 1.807) is 6.20 Å². The Morgan fingerprint density at radius 1 is 1.44 bits per heavy atom. The van der Waals surface area contributed by atoms with Crippen LogP contribution >= 0.6 is 22.6 Å². The van der Waals surface area contributed by atoms with E-state index in [0.717, 1.165) is 29.8 Å². The predicted molar refractivity (Wildman–Crippen MR) is 77.5 cm³/mol. The summed E-state index contributed by atoms with van der Waals surface area (Å²) in [6, 6.07) is 3.86. The van der Waals surface area contributed by atoms with Gasteiger partial charge in [-0.15, -0.1) is 0 Å². The first-order valence-corrected chi connectivity index (χ1v) is 6.96. The van der Waals surface area contributed by atoms with E-state index in [4.69, 9.17) is 0 Å². The highest BCUT2D eigenvalue weighted by Gasteiger charge is 2.29. The Hall–Kier alpha value is -1.24. The van der Waals surface area contributed by atoms with Crippen molar-refractivity contribution in [2.75, 3.05) is 0 Å². The smallest absolute Gasteiger partial charge is 0.264 e. The second kappa shape index (κ2) is 4.46. The fraction of sp³-hybridized carbons (Fsp3) is 0.308. The van der Waals surface area contributed by atoms with Crippen LogP contribution in [0.2, 0.25) is 0 Å². The lowest BCUT2D eigenvalue weighted by molar-refractivity contribution is 0.951. The van der Waals surface area contributed by atoms with Crippen LogP contribution in [0.1, 0.15) is 30.0 Å². The van der Waals surface area contributed by atoms with Gasteiger partial charge in [0.15, 0.2) is 5.82 Å². The molecule has 2 heterocycles. The molecule has 0 unspecified atom stereocenters. The molecular formula is C13H12IN3O. The largest absolute Gasteiger partial charge is 0.304 e. The fourth-order valence-corrected chi connectivity index (χ4v) is 2.59. The molecule has 0 bridgehead atoms. The molecule has 1 N–H and O–H groups in total. The zero-order chi connectivity index (χ0) is 12.7. The first-order valence-electron chi connectivity index (χ1n) is 5.88. The lowest BCUT2D eigenvalue weighted by Crippen LogP contribution is -2.16. The lowest BCUT2D eigenvalue weighted by Gasteiger charge is -2.05. The first kappa shape index (κ1) is 11.8. The van der Waals surface area contributed by atoms with Crippen LogP contribution in [0.5, 0.6) is 0 Å². The Labute approximate surface area is 118 Å². The zero-order valence-corrected chi connectivity index (χ0v) is 12.1. The molecule has 0 atom stereocenters. The third kappa shape index (κ3) is 2.19. The highest BCUT2D eigenvalue weighted by molar-refractivity contribution is 14.1. The van der Waals surface area contributed by atoms with Gasteiger partial charge >= 0.3 is 0 Å². The van der Waals surface area contributed by atoms with Crippen LogP contribution in [-0.2, 0) is 0 Å². The summed E-state index contributed by atoms with van der Waals surface area (Å²) in [6.07, 6.45) is 4.00. The third-order valence-electron chi connectivity index (χ3n) is 3.01. The number of aromatic nitrogens is 3. The maximum absolute atomic E-state index is 11.9. The summed E-state index contributed by atoms with van der Waals surface area (Å²) < 4.78 is 0.714. The van der Waals surface area contributed by atoms with Crippen LogP contribution in [0.3, 0.4) is 0 Å². The van der Waals surface area contributed by atoms with Crippen LogP contribution in [0.25, 0.3) is 11.5 Å². The lowest BCUT2D eigenvalue weighted by atomic mass is 10.2. The number of H-pyrrole nitrogens is 1. The number of pyridine rings is 1. The second-order valence-electron chi connectivity index (χ2n) is 4.61. The summed E-state index contributed by atoms with van der Waals surface area (Å²) in [4.78, 5) is 23.6. The summed E-state index contributed by atoms with van der Waals surface area (Å²) in [7, 11) is 0. The minimum atomic E-state index is -0.0641. The Kier molecular flexibility index (Phi) is 2.93. The Balaban J connectivity index is 2.15. The molecule has 0 spiro atoms. The molecule has 0 amide bonds. The van der Waals surface area contributed by atoms with Crippen molar-refractivity contribution in [1.82, 2.24) is 15.0 Å². The van der Waals surface area contributed by atoms with Crippen molar-refractivity contribution in [1.29, 1.82) is 0 Å². The number of aromatic amines is 1. The highest BCUT2D eigenvalue weighted by Crippen LogP contribution is 2.40. The molecule has 0 saturated heterocycles. The van der Waals surface area contributed by atoms with E-state index >= 15 is 0 Å². The Morgan fingerprint density at radius 2 is 2.22 bits per heavy atom. The number of rotatable bonds is 2. The van der Waals surface area contributed by atoms with Gasteiger partial charge in [-0.1, -0.05) is 0 Å². The van der Waals surface area contributed by atoms with Crippen molar-refractivity contribution in [3.05, 3.63) is 43.5 Å². The van der Waals surface area contributed by atoms with E-state index in [2.05, 4.69) is 37.5 Å². The van der Waals surface area contributed by atoms with Crippen LogP contribution in [0, 0.1) is 10.5 Å². The van der Waals surface area contributed by atoms with E-state index in [-0.39, 0.29) is 5.56 Å². The van der Waals surface area contributed by atoms with Crippen molar-refractivity contribution in [3.63, 3.8) is 0 Å². The van der Waals surface area contributed by atoms with Crippen LogP contribution in [0.4, 0.5) is 0 Å². The molecule has 0 radical (unpaired) electrons. The average molecular weight is 353 g/mol. The quantitative estimate of drug-likeness (QED) is 0.845. The molecule has 2 aromatic rings. The standard InChI is InChI=1S/C13H12IN3O/c1-7-4-5-15-9(6-7)12-16-11(8-2-3-8)10(14)13(18)17-12/h4-6,8H,2-3H2,1H3,(H,16,17,18). The van der Waals surface area contributed by atoms with Crippen molar-refractivity contribution in [3.8, 4) is 11.5 Å². The van der Waals surface area contributed by atoms with Gasteiger partial charge in [0.05, 0.1) is 5.69 Å². The van der Waals surface area contributed by atoms with Gasteiger partial charge in [-0.05, 0) is 60.1 Å². The number of halogens is 1. The van der Waals surface area contributed by atoms with Gasteiger partial charge in [0, 0.05) is 12.1 Å². The van der Waals surface area contributed by atoms with Gasteiger partial charge in [0.1, 0.15) is 9.26 Å². The van der Waals surface area contributed by atoms with Crippen LogP contribution < -0.4 is 5.56 Å². The zero-order valence-electron chi connectivity index (χ0n) is 9.90. The van der Waals surface area contributed by atoms with E-state index in [0.29, 0.717) is 15.3 Å². The molecule has 1 aliphatic rings. The molecule has 92 valence electrons. The minimum Gasteiger partial charge on any atom is -0.304 e. The molecule has 1 aliphatic carbocycles. The summed E-state index contributed by atoms with van der Waals surface area (Å²) in [6.45, 7) is 2.00. The van der Waals surface area contributed by atoms with E-state index in [1.807, 2.05) is 19.1 Å². The normalized spacial score (nSPS) is 14.8. The van der Waals surface area contributed by atoms with Gasteiger partial charge < -0.3 is 4.98 Å². The van der Waals surface area contributed by atoms with Crippen molar-refractivity contribution in [2.24, 2.45) is 0 Å². The van der Waals surface area contributed by atoms with Gasteiger partial charge in [-0.2, -0.15) is 0 Å². The molecule has 18 heavy (non-hydrogen) atoms. The van der Waals surface area contributed by atoms with Crippen LogP contribution in [-0.4, -0.2) is 15.0 Å². The molecular weight excluding hydrogens is 341 g/mol. The van der Waals surface area contributed by atoms with Gasteiger partial charge in [-0.3, -0.25) is 9.78 Å². The molecule has 3 rings (SSSR count). The van der Waals surface area contributed by atoms with Gasteiger partial charge in [0.25, 0.3) is 5.56 Å². The molecule has 0 aliphatic heterocycles. The molecule has 1 saturated carbocycles. The SMILES string of the molecule is Cc1ccnc(-c2nc(C3CC3)c(I)c(=O)[nH]2)c1. The summed E-state index contributed by atoms with van der Waals surface area (Å²) in [5.41, 5.74) is 2.70. The Bertz CT molecular complexity index is 662. The predicted octanol–water partition coefficient (Wildman–Crippen LogP) is 2.62. The number of hydrogen-bond acceptors (Lipinski definition) is 3. The van der Waals surface area contributed by atoms with Crippen molar-refractivity contribution in [2.45, 2.75) is 25.7 Å². The van der Waals surface area contributed by atoms with Crippen molar-refractivity contribution < 1.29 is 0 Å². The maximum Gasteiger partial charge on any atom is 0.264 e.